The second-order valence-corrected chi connectivity index (χ2v) is 5.56. The quantitative estimate of drug-likeness (QED) is 0.549. The molecule has 108 valence electrons. The maximum Gasteiger partial charge on any atom is 0.325 e. The molecule has 0 aliphatic rings. The fourth-order valence-corrected chi connectivity index (χ4v) is 2.05. The van der Waals surface area contributed by atoms with E-state index in [1.807, 2.05) is 0 Å². The Bertz CT molecular complexity index is 512. The fraction of sp³-hybridized carbons (Fsp3) is 0.667. The van der Waals surface area contributed by atoms with Crippen molar-refractivity contribution in [1.82, 2.24) is 19.7 Å². The van der Waals surface area contributed by atoms with Gasteiger partial charge in [0.15, 0.2) is 0 Å². The lowest BCUT2D eigenvalue weighted by Gasteiger charge is -2.04. The van der Waals surface area contributed by atoms with Crippen molar-refractivity contribution in [2.75, 3.05) is 19.0 Å². The SMILES string of the molecule is CCOCCS(=O)(=O)NCc1cn(CC(=O)O)nn1. The number of hydrogen-bond acceptors (Lipinski definition) is 6. The van der Waals surface area contributed by atoms with Crippen LogP contribution >= 0.6 is 0 Å². The van der Waals surface area contributed by atoms with E-state index in [1.165, 1.54) is 6.20 Å². The normalized spacial score (nSPS) is 11.6. The molecule has 0 unspecified atom stereocenters. The van der Waals surface area contributed by atoms with Crippen LogP contribution in [0.1, 0.15) is 12.6 Å². The van der Waals surface area contributed by atoms with E-state index < -0.39 is 16.0 Å². The predicted molar refractivity (Wildman–Crippen MR) is 64.8 cm³/mol. The molecule has 0 saturated heterocycles. The van der Waals surface area contributed by atoms with Gasteiger partial charge >= 0.3 is 5.97 Å². The van der Waals surface area contributed by atoms with Crippen molar-refractivity contribution in [3.8, 4) is 0 Å². The highest BCUT2D eigenvalue weighted by molar-refractivity contribution is 7.89. The molecule has 1 rings (SSSR count). The van der Waals surface area contributed by atoms with Gasteiger partial charge in [-0.1, -0.05) is 5.21 Å². The molecule has 0 aromatic carbocycles. The molecule has 0 fully saturated rings. The number of rotatable bonds is 9. The van der Waals surface area contributed by atoms with Crippen molar-refractivity contribution in [2.24, 2.45) is 0 Å². The number of hydrogen-bond donors (Lipinski definition) is 2. The molecule has 0 amide bonds. The molecule has 0 atom stereocenters. The highest BCUT2D eigenvalue weighted by Gasteiger charge is 2.11. The van der Waals surface area contributed by atoms with E-state index in [0.29, 0.717) is 12.3 Å². The largest absolute Gasteiger partial charge is 0.480 e. The van der Waals surface area contributed by atoms with Gasteiger partial charge < -0.3 is 9.84 Å². The molecule has 19 heavy (non-hydrogen) atoms. The van der Waals surface area contributed by atoms with Crippen molar-refractivity contribution in [2.45, 2.75) is 20.0 Å². The number of carboxylic acids is 1. The summed E-state index contributed by atoms with van der Waals surface area (Å²) in [5, 5.41) is 15.8. The van der Waals surface area contributed by atoms with E-state index in [1.54, 1.807) is 6.92 Å². The Morgan fingerprint density at radius 2 is 2.32 bits per heavy atom. The van der Waals surface area contributed by atoms with E-state index in [0.717, 1.165) is 4.68 Å². The Labute approximate surface area is 110 Å². The molecule has 1 aromatic heterocycles. The van der Waals surface area contributed by atoms with Gasteiger partial charge in [-0.2, -0.15) is 0 Å². The maximum atomic E-state index is 11.5. The third-order valence-electron chi connectivity index (χ3n) is 2.06. The van der Waals surface area contributed by atoms with Gasteiger partial charge in [-0.15, -0.1) is 5.10 Å². The minimum absolute atomic E-state index is 0.0337. The van der Waals surface area contributed by atoms with Crippen LogP contribution in [-0.2, 0) is 32.6 Å². The summed E-state index contributed by atoms with van der Waals surface area (Å²) in [5.41, 5.74) is 0.348. The molecule has 0 spiro atoms. The lowest BCUT2D eigenvalue weighted by molar-refractivity contribution is -0.137. The number of nitrogens with one attached hydrogen (secondary N) is 1. The van der Waals surface area contributed by atoms with Crippen LogP contribution in [0.4, 0.5) is 0 Å². The smallest absolute Gasteiger partial charge is 0.325 e. The number of carboxylic acid groups (broad SMARTS) is 1. The number of aliphatic carboxylic acids is 1. The molecule has 0 aliphatic carbocycles. The molecule has 1 heterocycles. The second-order valence-electron chi connectivity index (χ2n) is 3.64. The van der Waals surface area contributed by atoms with Gasteiger partial charge in [0.1, 0.15) is 6.54 Å². The fourth-order valence-electron chi connectivity index (χ4n) is 1.20. The molecule has 10 heteroatoms. The van der Waals surface area contributed by atoms with E-state index in [4.69, 9.17) is 9.84 Å². The van der Waals surface area contributed by atoms with Crippen molar-refractivity contribution in [3.05, 3.63) is 11.9 Å². The summed E-state index contributed by atoms with van der Waals surface area (Å²) in [7, 11) is -3.43. The average molecular weight is 292 g/mol. The molecule has 2 N–H and O–H groups in total. The maximum absolute atomic E-state index is 11.5. The third kappa shape index (κ3) is 6.27. The Morgan fingerprint density at radius 1 is 1.58 bits per heavy atom. The predicted octanol–water partition coefficient (Wildman–Crippen LogP) is -1.18. The second kappa shape index (κ2) is 7.16. The number of carbonyl (C=O) groups is 1. The van der Waals surface area contributed by atoms with Gasteiger partial charge in [-0.3, -0.25) is 4.79 Å². The molecule has 0 radical (unpaired) electrons. The number of nitrogens with zero attached hydrogens (tertiary/aromatic N) is 3. The molecule has 0 saturated carbocycles. The van der Waals surface area contributed by atoms with Crippen LogP contribution in [0, 0.1) is 0 Å². The summed E-state index contributed by atoms with van der Waals surface area (Å²) in [6, 6.07) is 0. The van der Waals surface area contributed by atoms with Crippen LogP contribution in [0.3, 0.4) is 0 Å². The zero-order chi connectivity index (χ0) is 14.3. The first-order chi connectivity index (χ1) is 8.93. The lowest BCUT2D eigenvalue weighted by Crippen LogP contribution is -2.28. The monoisotopic (exact) mass is 292 g/mol. The first-order valence-electron chi connectivity index (χ1n) is 5.59. The summed E-state index contributed by atoms with van der Waals surface area (Å²) < 4.78 is 31.4. The number of sulfonamides is 1. The summed E-state index contributed by atoms with van der Waals surface area (Å²) in [5.74, 6) is -1.18. The molecule has 9 nitrogen and oxygen atoms in total. The van der Waals surface area contributed by atoms with Crippen molar-refractivity contribution >= 4 is 16.0 Å². The zero-order valence-corrected chi connectivity index (χ0v) is 11.3. The summed E-state index contributed by atoms with van der Waals surface area (Å²) in [6.07, 6.45) is 1.37. The van der Waals surface area contributed by atoms with Gasteiger partial charge in [0.05, 0.1) is 30.8 Å². The van der Waals surface area contributed by atoms with E-state index in [-0.39, 0.29) is 25.4 Å². The standard InChI is InChI=1S/C9H16N4O5S/c1-2-18-3-4-19(16,17)10-5-8-6-13(12-11-8)7-9(14)15/h6,10H,2-5,7H2,1H3,(H,14,15). The van der Waals surface area contributed by atoms with Gasteiger partial charge in [0.25, 0.3) is 0 Å². The van der Waals surface area contributed by atoms with Gasteiger partial charge in [-0.05, 0) is 6.92 Å². The van der Waals surface area contributed by atoms with Crippen LogP contribution in [0.15, 0.2) is 6.20 Å². The molecule has 1 aromatic rings. The first-order valence-corrected chi connectivity index (χ1v) is 7.24. The summed E-state index contributed by atoms with van der Waals surface area (Å²) in [6.45, 7) is 2.01. The van der Waals surface area contributed by atoms with Crippen LogP contribution in [0.25, 0.3) is 0 Å². The average Bonchev–Trinajstić information content (AvgIpc) is 2.74. The summed E-state index contributed by atoms with van der Waals surface area (Å²) in [4.78, 5) is 10.4. The van der Waals surface area contributed by atoms with Gasteiger partial charge in [-0.25, -0.2) is 17.8 Å². The van der Waals surface area contributed by atoms with Gasteiger partial charge in [0, 0.05) is 6.61 Å². The van der Waals surface area contributed by atoms with Crippen LogP contribution in [0.5, 0.6) is 0 Å². The van der Waals surface area contributed by atoms with Gasteiger partial charge in [0.2, 0.25) is 10.0 Å². The van der Waals surface area contributed by atoms with Crippen LogP contribution in [-0.4, -0.2) is 53.5 Å². The number of aromatic nitrogens is 3. The molecule has 0 bridgehead atoms. The lowest BCUT2D eigenvalue weighted by atomic mass is 10.5. The minimum atomic E-state index is -3.43. The van der Waals surface area contributed by atoms with Crippen LogP contribution < -0.4 is 4.72 Å². The van der Waals surface area contributed by atoms with E-state index in [2.05, 4.69) is 15.0 Å². The third-order valence-corrected chi connectivity index (χ3v) is 3.35. The number of ether oxygens (including phenoxy) is 1. The zero-order valence-electron chi connectivity index (χ0n) is 10.4. The Kier molecular flexibility index (Phi) is 5.86. The van der Waals surface area contributed by atoms with Crippen molar-refractivity contribution in [3.63, 3.8) is 0 Å². The van der Waals surface area contributed by atoms with Crippen LogP contribution in [0.2, 0.25) is 0 Å². The Hall–Kier alpha value is -1.52. The molecular weight excluding hydrogens is 276 g/mol. The highest BCUT2D eigenvalue weighted by Crippen LogP contribution is 1.95. The Morgan fingerprint density at radius 3 is 2.95 bits per heavy atom. The minimum Gasteiger partial charge on any atom is -0.480 e. The van der Waals surface area contributed by atoms with E-state index >= 15 is 0 Å². The van der Waals surface area contributed by atoms with Crippen molar-refractivity contribution in [1.29, 1.82) is 0 Å². The summed E-state index contributed by atoms with van der Waals surface area (Å²) >= 11 is 0. The first kappa shape index (κ1) is 15.5. The van der Waals surface area contributed by atoms with Crippen molar-refractivity contribution < 1.29 is 23.1 Å². The molecular formula is C9H16N4O5S. The Balaban J connectivity index is 2.43. The molecule has 0 aliphatic heterocycles. The highest BCUT2D eigenvalue weighted by atomic mass is 32.2. The topological polar surface area (TPSA) is 123 Å². The van der Waals surface area contributed by atoms with E-state index in [9.17, 15) is 13.2 Å².